The van der Waals surface area contributed by atoms with Crippen molar-refractivity contribution in [3.05, 3.63) is 58.6 Å². The number of para-hydroxylation sites is 2. The Morgan fingerprint density at radius 2 is 2.12 bits per heavy atom. The maximum atomic E-state index is 10.7. The van der Waals surface area contributed by atoms with Gasteiger partial charge in [-0.05, 0) is 31.0 Å². The molecule has 0 radical (unpaired) electrons. The normalized spacial score (nSPS) is 18.0. The van der Waals surface area contributed by atoms with Gasteiger partial charge in [0.25, 0.3) is 5.69 Å². The third-order valence-corrected chi connectivity index (χ3v) is 4.35. The van der Waals surface area contributed by atoms with Gasteiger partial charge in [-0.15, -0.1) is 0 Å². The molecule has 24 heavy (non-hydrogen) atoms. The van der Waals surface area contributed by atoms with Crippen LogP contribution in [0.5, 0.6) is 0 Å². The lowest BCUT2D eigenvalue weighted by Gasteiger charge is -2.32. The van der Waals surface area contributed by atoms with Gasteiger partial charge < -0.3 is 9.32 Å². The van der Waals surface area contributed by atoms with Gasteiger partial charge in [0.15, 0.2) is 11.5 Å². The lowest BCUT2D eigenvalue weighted by atomic mass is 9.98. The van der Waals surface area contributed by atoms with Crippen LogP contribution in [0, 0.1) is 10.1 Å². The van der Waals surface area contributed by atoms with Gasteiger partial charge in [0.05, 0.1) is 10.8 Å². The molecule has 0 saturated carbocycles. The zero-order chi connectivity index (χ0) is 16.5. The monoisotopic (exact) mass is 324 g/mol. The van der Waals surface area contributed by atoms with Crippen molar-refractivity contribution in [1.29, 1.82) is 0 Å². The lowest BCUT2D eigenvalue weighted by molar-refractivity contribution is -0.385. The summed E-state index contributed by atoms with van der Waals surface area (Å²) in [6, 6.07) is 10.9. The first kappa shape index (κ1) is 14.6. The number of pyridine rings is 1. The number of hydrogen-bond donors (Lipinski definition) is 0. The van der Waals surface area contributed by atoms with E-state index in [0.717, 1.165) is 48.7 Å². The number of oxazole rings is 1. The second-order valence-corrected chi connectivity index (χ2v) is 5.94. The Bertz CT molecular complexity index is 842. The van der Waals surface area contributed by atoms with Crippen LogP contribution in [-0.2, 0) is 0 Å². The minimum atomic E-state index is -0.436. The fourth-order valence-electron chi connectivity index (χ4n) is 3.12. The number of piperidine rings is 1. The van der Waals surface area contributed by atoms with Crippen LogP contribution in [0.4, 0.5) is 11.5 Å². The topological polar surface area (TPSA) is 85.3 Å². The van der Waals surface area contributed by atoms with Crippen molar-refractivity contribution in [2.45, 2.75) is 18.8 Å². The molecule has 7 heteroatoms. The standard InChI is InChI=1S/C17H16N4O3/c22-21(23)13-7-8-16(18-10-13)20-9-3-4-12(11-20)17-19-14-5-1-2-6-15(14)24-17/h1-2,5-8,10,12H,3-4,9,11H2/t12-/m0/s1. The number of fused-ring (bicyclic) bond motifs is 1. The van der Waals surface area contributed by atoms with Gasteiger partial charge >= 0.3 is 0 Å². The molecule has 122 valence electrons. The molecule has 1 aliphatic heterocycles. The summed E-state index contributed by atoms with van der Waals surface area (Å²) >= 11 is 0. The van der Waals surface area contributed by atoms with Gasteiger partial charge in [0.1, 0.15) is 17.5 Å². The summed E-state index contributed by atoms with van der Waals surface area (Å²) in [5.41, 5.74) is 1.68. The molecule has 0 unspecified atom stereocenters. The van der Waals surface area contributed by atoms with E-state index in [0.29, 0.717) is 0 Å². The molecule has 1 fully saturated rings. The van der Waals surface area contributed by atoms with Crippen molar-refractivity contribution >= 4 is 22.6 Å². The number of anilines is 1. The second kappa shape index (κ2) is 5.92. The molecule has 2 aromatic heterocycles. The second-order valence-electron chi connectivity index (χ2n) is 5.94. The van der Waals surface area contributed by atoms with Crippen LogP contribution < -0.4 is 4.90 Å². The maximum Gasteiger partial charge on any atom is 0.287 e. The van der Waals surface area contributed by atoms with Crippen LogP contribution in [0.1, 0.15) is 24.7 Å². The number of hydrogen-bond acceptors (Lipinski definition) is 6. The van der Waals surface area contributed by atoms with E-state index in [4.69, 9.17) is 4.42 Å². The Morgan fingerprint density at radius 1 is 1.25 bits per heavy atom. The first-order valence-electron chi connectivity index (χ1n) is 7.91. The summed E-state index contributed by atoms with van der Waals surface area (Å²) in [5.74, 6) is 1.70. The van der Waals surface area contributed by atoms with Gasteiger partial charge in [-0.3, -0.25) is 10.1 Å². The molecule has 0 N–H and O–H groups in total. The molecular formula is C17H16N4O3. The zero-order valence-corrected chi connectivity index (χ0v) is 13.0. The van der Waals surface area contributed by atoms with Gasteiger partial charge in [0.2, 0.25) is 0 Å². The molecule has 7 nitrogen and oxygen atoms in total. The number of nitro groups is 1. The van der Waals surface area contributed by atoms with Crippen molar-refractivity contribution in [3.63, 3.8) is 0 Å². The van der Waals surface area contributed by atoms with E-state index in [1.165, 1.54) is 12.3 Å². The SMILES string of the molecule is O=[N+]([O-])c1ccc(N2CCC[C@H](c3nc4ccccc4o3)C2)nc1. The highest BCUT2D eigenvalue weighted by molar-refractivity contribution is 5.72. The first-order chi connectivity index (χ1) is 11.7. The van der Waals surface area contributed by atoms with Crippen LogP contribution in [0.2, 0.25) is 0 Å². The van der Waals surface area contributed by atoms with Crippen molar-refractivity contribution in [2.75, 3.05) is 18.0 Å². The smallest absolute Gasteiger partial charge is 0.287 e. The molecule has 1 atom stereocenters. The third-order valence-electron chi connectivity index (χ3n) is 4.35. The molecule has 1 saturated heterocycles. The van der Waals surface area contributed by atoms with Crippen LogP contribution in [0.3, 0.4) is 0 Å². The number of nitrogens with zero attached hydrogens (tertiary/aromatic N) is 4. The summed E-state index contributed by atoms with van der Waals surface area (Å²) in [6.45, 7) is 1.62. The molecule has 0 bridgehead atoms. The van der Waals surface area contributed by atoms with Crippen LogP contribution in [0.15, 0.2) is 47.0 Å². The maximum absolute atomic E-state index is 10.7. The quantitative estimate of drug-likeness (QED) is 0.541. The Morgan fingerprint density at radius 3 is 2.88 bits per heavy atom. The Kier molecular flexibility index (Phi) is 3.60. The van der Waals surface area contributed by atoms with Gasteiger partial charge in [-0.2, -0.15) is 0 Å². The number of aromatic nitrogens is 2. The molecule has 0 aliphatic carbocycles. The Balaban J connectivity index is 1.55. The minimum Gasteiger partial charge on any atom is -0.440 e. The van der Waals surface area contributed by atoms with E-state index >= 15 is 0 Å². The van der Waals surface area contributed by atoms with Gasteiger partial charge in [-0.1, -0.05) is 12.1 Å². The molecule has 4 rings (SSSR count). The van der Waals surface area contributed by atoms with E-state index in [1.807, 2.05) is 24.3 Å². The Hall–Kier alpha value is -2.96. The van der Waals surface area contributed by atoms with Crippen molar-refractivity contribution in [2.24, 2.45) is 0 Å². The van der Waals surface area contributed by atoms with Gasteiger partial charge in [-0.25, -0.2) is 9.97 Å². The molecule has 0 amide bonds. The summed E-state index contributed by atoms with van der Waals surface area (Å²) in [6.07, 6.45) is 3.32. The number of benzene rings is 1. The molecular weight excluding hydrogens is 308 g/mol. The van der Waals surface area contributed by atoms with Crippen molar-refractivity contribution in [1.82, 2.24) is 9.97 Å². The minimum absolute atomic E-state index is 0.00580. The summed E-state index contributed by atoms with van der Waals surface area (Å²) < 4.78 is 5.89. The van der Waals surface area contributed by atoms with Crippen LogP contribution in [-0.4, -0.2) is 28.0 Å². The molecule has 0 spiro atoms. The highest BCUT2D eigenvalue weighted by Crippen LogP contribution is 2.31. The third kappa shape index (κ3) is 2.68. The van der Waals surface area contributed by atoms with Crippen molar-refractivity contribution < 1.29 is 9.34 Å². The van der Waals surface area contributed by atoms with E-state index in [2.05, 4.69) is 14.9 Å². The summed E-state index contributed by atoms with van der Waals surface area (Å²) in [7, 11) is 0. The molecule has 3 aromatic rings. The predicted molar refractivity (Wildman–Crippen MR) is 89.1 cm³/mol. The molecule has 1 aliphatic rings. The van der Waals surface area contributed by atoms with E-state index in [-0.39, 0.29) is 11.6 Å². The van der Waals surface area contributed by atoms with Crippen LogP contribution >= 0.6 is 0 Å². The molecule has 1 aromatic carbocycles. The Labute approximate surface area is 138 Å². The fourth-order valence-corrected chi connectivity index (χ4v) is 3.12. The van der Waals surface area contributed by atoms with E-state index in [9.17, 15) is 10.1 Å². The van der Waals surface area contributed by atoms with Gasteiger partial charge in [0, 0.05) is 19.2 Å². The number of rotatable bonds is 3. The largest absolute Gasteiger partial charge is 0.440 e. The lowest BCUT2D eigenvalue weighted by Crippen LogP contribution is -2.35. The highest BCUT2D eigenvalue weighted by atomic mass is 16.6. The average molecular weight is 324 g/mol. The predicted octanol–water partition coefficient (Wildman–Crippen LogP) is 3.52. The van der Waals surface area contributed by atoms with Crippen LogP contribution in [0.25, 0.3) is 11.1 Å². The summed E-state index contributed by atoms with van der Waals surface area (Å²) in [4.78, 5) is 21.3. The van der Waals surface area contributed by atoms with E-state index in [1.54, 1.807) is 6.07 Å². The van der Waals surface area contributed by atoms with Crippen molar-refractivity contribution in [3.8, 4) is 0 Å². The van der Waals surface area contributed by atoms with E-state index < -0.39 is 4.92 Å². The summed E-state index contributed by atoms with van der Waals surface area (Å²) in [5, 5.41) is 10.7. The zero-order valence-electron chi connectivity index (χ0n) is 13.0. The first-order valence-corrected chi connectivity index (χ1v) is 7.91. The molecule has 3 heterocycles. The average Bonchev–Trinajstić information content (AvgIpc) is 3.06. The highest BCUT2D eigenvalue weighted by Gasteiger charge is 2.26. The fraction of sp³-hybridized carbons (Fsp3) is 0.294.